The third-order valence-corrected chi connectivity index (χ3v) is 5.24. The van der Waals surface area contributed by atoms with Crippen molar-refractivity contribution in [3.8, 4) is 0 Å². The van der Waals surface area contributed by atoms with Crippen molar-refractivity contribution in [1.29, 1.82) is 0 Å². The molecule has 3 aromatic rings. The van der Waals surface area contributed by atoms with E-state index in [1.807, 2.05) is 0 Å². The van der Waals surface area contributed by atoms with E-state index in [4.69, 9.17) is 0 Å². The second-order valence-electron chi connectivity index (χ2n) is 5.35. The maximum absolute atomic E-state index is 12.3. The number of hydrogen-bond donors (Lipinski definition) is 1. The van der Waals surface area contributed by atoms with Crippen molar-refractivity contribution < 1.29 is 13.2 Å². The maximum atomic E-state index is 12.3. The fraction of sp³-hybridized carbons (Fsp3) is 0.200. The number of aromatic nitrogens is 3. The third kappa shape index (κ3) is 3.41. The summed E-state index contributed by atoms with van der Waals surface area (Å²) in [5, 5.41) is 3.02. The second kappa shape index (κ2) is 5.91. The van der Waals surface area contributed by atoms with Crippen LogP contribution in [0.2, 0.25) is 0 Å². The van der Waals surface area contributed by atoms with Gasteiger partial charge in [-0.15, -0.1) is 0 Å². The number of benzene rings is 1. The summed E-state index contributed by atoms with van der Waals surface area (Å²) in [5.41, 5.74) is 2.02. The first-order valence-corrected chi connectivity index (χ1v) is 9.67. The van der Waals surface area contributed by atoms with Crippen LogP contribution in [0.15, 0.2) is 29.2 Å². The van der Waals surface area contributed by atoms with Gasteiger partial charge in [0.2, 0.25) is 5.82 Å². The van der Waals surface area contributed by atoms with E-state index in [1.165, 1.54) is 17.4 Å². The van der Waals surface area contributed by atoms with Gasteiger partial charge in [0, 0.05) is 17.6 Å². The molecule has 1 N–H and O–H groups in total. The van der Waals surface area contributed by atoms with Crippen LogP contribution in [0.3, 0.4) is 0 Å². The van der Waals surface area contributed by atoms with Crippen LogP contribution >= 0.6 is 11.3 Å². The minimum atomic E-state index is -3.29. The number of carbonyl (C=O) groups excluding carboxylic acids is 1. The SMILES string of the molecule is Cc1cc(C)nc(C(=O)Nc2nc3ccc(S(C)(=O)=O)cc3s2)n1. The Balaban J connectivity index is 1.91. The minimum absolute atomic E-state index is 0.0728. The zero-order valence-electron chi connectivity index (χ0n) is 13.2. The quantitative estimate of drug-likeness (QED) is 0.767. The molecule has 0 atom stereocenters. The van der Waals surface area contributed by atoms with Crippen molar-refractivity contribution in [2.24, 2.45) is 0 Å². The number of hydrogen-bond acceptors (Lipinski definition) is 7. The highest BCUT2D eigenvalue weighted by atomic mass is 32.2. The predicted molar refractivity (Wildman–Crippen MR) is 92.2 cm³/mol. The van der Waals surface area contributed by atoms with Gasteiger partial charge < -0.3 is 0 Å². The number of fused-ring (bicyclic) bond motifs is 1. The highest BCUT2D eigenvalue weighted by molar-refractivity contribution is 7.90. The van der Waals surface area contributed by atoms with E-state index in [0.717, 1.165) is 6.26 Å². The van der Waals surface area contributed by atoms with Crippen LogP contribution in [0.5, 0.6) is 0 Å². The largest absolute Gasteiger partial charge is 0.295 e. The molecule has 124 valence electrons. The third-order valence-electron chi connectivity index (χ3n) is 3.19. The van der Waals surface area contributed by atoms with Crippen molar-refractivity contribution >= 4 is 42.4 Å². The molecule has 3 rings (SSSR count). The molecule has 1 aromatic carbocycles. The molecule has 0 aliphatic heterocycles. The number of thiazole rings is 1. The molecule has 1 amide bonds. The van der Waals surface area contributed by atoms with Gasteiger partial charge in [-0.3, -0.25) is 10.1 Å². The van der Waals surface area contributed by atoms with E-state index in [2.05, 4.69) is 20.3 Å². The van der Waals surface area contributed by atoms with Gasteiger partial charge >= 0.3 is 0 Å². The van der Waals surface area contributed by atoms with Gasteiger partial charge in [0.15, 0.2) is 15.0 Å². The zero-order valence-corrected chi connectivity index (χ0v) is 14.8. The van der Waals surface area contributed by atoms with Crippen molar-refractivity contribution in [2.75, 3.05) is 11.6 Å². The van der Waals surface area contributed by atoms with Gasteiger partial charge in [-0.2, -0.15) is 0 Å². The van der Waals surface area contributed by atoms with Crippen LogP contribution in [0.1, 0.15) is 22.0 Å². The number of aryl methyl sites for hydroxylation is 2. The molecule has 0 saturated heterocycles. The van der Waals surface area contributed by atoms with E-state index in [-0.39, 0.29) is 10.7 Å². The standard InChI is InChI=1S/C15H14N4O3S2/c1-8-6-9(2)17-13(16-8)14(20)19-15-18-11-5-4-10(24(3,21)22)7-12(11)23-15/h4-7H,1-3H3,(H,18,19,20). The summed E-state index contributed by atoms with van der Waals surface area (Å²) in [6, 6.07) is 6.44. The number of amides is 1. The minimum Gasteiger partial charge on any atom is -0.295 e. The predicted octanol–water partition coefficient (Wildman–Crippen LogP) is 2.36. The number of rotatable bonds is 3. The molecule has 0 fully saturated rings. The van der Waals surface area contributed by atoms with Crippen molar-refractivity contribution in [2.45, 2.75) is 18.7 Å². The lowest BCUT2D eigenvalue weighted by Gasteiger charge is -2.02. The molecule has 0 radical (unpaired) electrons. The van der Waals surface area contributed by atoms with Crippen molar-refractivity contribution in [3.63, 3.8) is 0 Å². The first kappa shape index (κ1) is 16.5. The average molecular weight is 362 g/mol. The van der Waals surface area contributed by atoms with Crippen LogP contribution in [0.25, 0.3) is 10.2 Å². The number of nitrogens with one attached hydrogen (secondary N) is 1. The van der Waals surface area contributed by atoms with Crippen LogP contribution in [-0.4, -0.2) is 35.5 Å². The zero-order chi connectivity index (χ0) is 17.5. The molecule has 0 saturated carbocycles. The van der Waals surface area contributed by atoms with Gasteiger partial charge in [-0.1, -0.05) is 11.3 Å². The van der Waals surface area contributed by atoms with Gasteiger partial charge in [0.1, 0.15) is 0 Å². The molecule has 0 unspecified atom stereocenters. The molecule has 2 aromatic heterocycles. The lowest BCUT2D eigenvalue weighted by Crippen LogP contribution is -2.16. The second-order valence-corrected chi connectivity index (χ2v) is 8.40. The molecule has 2 heterocycles. The molecular weight excluding hydrogens is 348 g/mol. The first-order valence-electron chi connectivity index (χ1n) is 6.97. The fourth-order valence-corrected chi connectivity index (χ4v) is 3.79. The highest BCUT2D eigenvalue weighted by Gasteiger charge is 2.15. The van der Waals surface area contributed by atoms with Gasteiger partial charge in [-0.05, 0) is 38.1 Å². The topological polar surface area (TPSA) is 102 Å². The van der Waals surface area contributed by atoms with E-state index in [9.17, 15) is 13.2 Å². The Bertz CT molecular complexity index is 1040. The summed E-state index contributed by atoms with van der Waals surface area (Å²) in [4.78, 5) is 25.0. The number of nitrogens with zero attached hydrogens (tertiary/aromatic N) is 3. The van der Waals surface area contributed by atoms with E-state index in [0.29, 0.717) is 26.7 Å². The van der Waals surface area contributed by atoms with E-state index < -0.39 is 15.7 Å². The Hall–Kier alpha value is -2.39. The summed E-state index contributed by atoms with van der Waals surface area (Å²) in [7, 11) is -3.29. The molecule has 24 heavy (non-hydrogen) atoms. The Morgan fingerprint density at radius 2 is 1.75 bits per heavy atom. The first-order chi connectivity index (χ1) is 11.2. The molecule has 0 aliphatic rings. The molecule has 0 bridgehead atoms. The van der Waals surface area contributed by atoms with Gasteiger partial charge in [0.05, 0.1) is 15.1 Å². The summed E-state index contributed by atoms with van der Waals surface area (Å²) in [6.45, 7) is 3.58. The summed E-state index contributed by atoms with van der Waals surface area (Å²) in [5.74, 6) is -0.382. The lowest BCUT2D eigenvalue weighted by molar-refractivity contribution is 0.101. The normalized spacial score (nSPS) is 11.6. The molecule has 0 aliphatic carbocycles. The number of anilines is 1. The molecule has 9 heteroatoms. The highest BCUT2D eigenvalue weighted by Crippen LogP contribution is 2.28. The Morgan fingerprint density at radius 1 is 1.08 bits per heavy atom. The molecule has 0 spiro atoms. The Kier molecular flexibility index (Phi) is 4.06. The number of sulfone groups is 1. The van der Waals surface area contributed by atoms with Crippen molar-refractivity contribution in [1.82, 2.24) is 15.0 Å². The number of carbonyl (C=O) groups is 1. The summed E-state index contributed by atoms with van der Waals surface area (Å²) >= 11 is 1.20. The molecular formula is C15H14N4O3S2. The smallest absolute Gasteiger partial charge is 0.295 e. The average Bonchev–Trinajstić information content (AvgIpc) is 2.86. The Morgan fingerprint density at radius 3 is 2.38 bits per heavy atom. The summed E-state index contributed by atoms with van der Waals surface area (Å²) < 4.78 is 23.9. The molecule has 7 nitrogen and oxygen atoms in total. The summed E-state index contributed by atoms with van der Waals surface area (Å²) in [6.07, 6.45) is 1.15. The Labute approximate surface area is 142 Å². The van der Waals surface area contributed by atoms with Crippen LogP contribution in [-0.2, 0) is 9.84 Å². The lowest BCUT2D eigenvalue weighted by atomic mass is 10.3. The van der Waals surface area contributed by atoms with E-state index >= 15 is 0 Å². The van der Waals surface area contributed by atoms with Crippen LogP contribution in [0.4, 0.5) is 5.13 Å². The van der Waals surface area contributed by atoms with Gasteiger partial charge in [-0.25, -0.2) is 23.4 Å². The maximum Gasteiger partial charge on any atom is 0.295 e. The fourth-order valence-electron chi connectivity index (χ4n) is 2.17. The monoisotopic (exact) mass is 362 g/mol. The van der Waals surface area contributed by atoms with Crippen LogP contribution < -0.4 is 5.32 Å². The van der Waals surface area contributed by atoms with Crippen molar-refractivity contribution in [3.05, 3.63) is 41.5 Å². The van der Waals surface area contributed by atoms with Gasteiger partial charge in [0.25, 0.3) is 5.91 Å². The van der Waals surface area contributed by atoms with Crippen LogP contribution in [0, 0.1) is 13.8 Å². The van der Waals surface area contributed by atoms with E-state index in [1.54, 1.807) is 32.0 Å².